The summed E-state index contributed by atoms with van der Waals surface area (Å²) in [7, 11) is 0. The minimum Gasteiger partial charge on any atom is -0.506 e. The molecule has 0 aliphatic heterocycles. The van der Waals surface area contributed by atoms with Crippen LogP contribution in [-0.4, -0.2) is 29.1 Å². The molecule has 0 spiro atoms. The molecule has 1 unspecified atom stereocenters. The number of phenols is 1. The van der Waals surface area contributed by atoms with Gasteiger partial charge in [0.15, 0.2) is 0 Å². The van der Waals surface area contributed by atoms with E-state index in [1.54, 1.807) is 6.07 Å². The number of hydrogen-bond donors (Lipinski definition) is 2. The minimum absolute atomic E-state index is 0.172. The van der Waals surface area contributed by atoms with Gasteiger partial charge in [-0.1, -0.05) is 19.9 Å². The van der Waals surface area contributed by atoms with Crippen molar-refractivity contribution in [3.05, 3.63) is 23.8 Å². The lowest BCUT2D eigenvalue weighted by Crippen LogP contribution is -2.35. The molecule has 0 aliphatic rings. The zero-order valence-corrected chi connectivity index (χ0v) is 11.8. The van der Waals surface area contributed by atoms with Crippen molar-refractivity contribution in [3.63, 3.8) is 0 Å². The van der Waals surface area contributed by atoms with Crippen LogP contribution in [-0.2, 0) is 6.42 Å². The summed E-state index contributed by atoms with van der Waals surface area (Å²) in [6.45, 7) is 8.97. The van der Waals surface area contributed by atoms with Gasteiger partial charge in [-0.05, 0) is 57.0 Å². The first-order valence-electron chi connectivity index (χ1n) is 6.89. The summed E-state index contributed by atoms with van der Waals surface area (Å²) in [5.41, 5.74) is 7.39. The zero-order chi connectivity index (χ0) is 13.5. The average Bonchev–Trinajstić information content (AvgIpc) is 2.33. The summed E-state index contributed by atoms with van der Waals surface area (Å²) >= 11 is 0. The lowest BCUT2D eigenvalue weighted by Gasteiger charge is -2.28. The monoisotopic (exact) mass is 250 g/mol. The Labute approximate surface area is 111 Å². The fourth-order valence-corrected chi connectivity index (χ4v) is 2.33. The van der Waals surface area contributed by atoms with Gasteiger partial charge in [0.1, 0.15) is 5.75 Å². The van der Waals surface area contributed by atoms with E-state index in [2.05, 4.69) is 25.7 Å². The smallest absolute Gasteiger partial charge is 0.138 e. The quantitative estimate of drug-likeness (QED) is 0.577. The maximum Gasteiger partial charge on any atom is 0.138 e. The summed E-state index contributed by atoms with van der Waals surface area (Å²) in [5, 5.41) is 9.42. The number of nitrogens with two attached hydrogens (primary N) is 1. The van der Waals surface area contributed by atoms with E-state index in [1.807, 2.05) is 12.1 Å². The molecule has 0 aromatic heterocycles. The van der Waals surface area contributed by atoms with E-state index in [0.717, 1.165) is 19.5 Å². The molecule has 0 radical (unpaired) electrons. The first-order chi connectivity index (χ1) is 8.58. The van der Waals surface area contributed by atoms with Gasteiger partial charge in [0.25, 0.3) is 0 Å². The van der Waals surface area contributed by atoms with Crippen molar-refractivity contribution in [1.82, 2.24) is 4.90 Å². The fraction of sp³-hybridized carbons (Fsp3) is 0.600. The summed E-state index contributed by atoms with van der Waals surface area (Å²) < 4.78 is 0. The van der Waals surface area contributed by atoms with Gasteiger partial charge in [0, 0.05) is 6.04 Å². The van der Waals surface area contributed by atoms with Crippen molar-refractivity contribution >= 4 is 5.69 Å². The van der Waals surface area contributed by atoms with Gasteiger partial charge in [-0.3, -0.25) is 0 Å². The standard InChI is InChI=1S/C15H26N2O/c1-4-8-17(9-5-2)12(3)10-13-6-7-15(18)14(16)11-13/h6-7,11-12,18H,4-5,8-10,16H2,1-3H3. The van der Waals surface area contributed by atoms with E-state index in [4.69, 9.17) is 5.73 Å². The first-order valence-corrected chi connectivity index (χ1v) is 6.89. The lowest BCUT2D eigenvalue weighted by atomic mass is 10.0. The Balaban J connectivity index is 2.66. The van der Waals surface area contributed by atoms with Gasteiger partial charge in [0.2, 0.25) is 0 Å². The van der Waals surface area contributed by atoms with Crippen LogP contribution >= 0.6 is 0 Å². The van der Waals surface area contributed by atoms with Crippen molar-refractivity contribution in [2.24, 2.45) is 0 Å². The zero-order valence-electron chi connectivity index (χ0n) is 11.8. The Morgan fingerprint density at radius 3 is 2.33 bits per heavy atom. The molecule has 3 N–H and O–H groups in total. The summed E-state index contributed by atoms with van der Waals surface area (Å²) in [6, 6.07) is 6.02. The normalized spacial score (nSPS) is 12.9. The second kappa shape index (κ2) is 7.27. The number of hydrogen-bond acceptors (Lipinski definition) is 3. The highest BCUT2D eigenvalue weighted by Crippen LogP contribution is 2.22. The Kier molecular flexibility index (Phi) is 5.99. The van der Waals surface area contributed by atoms with E-state index in [0.29, 0.717) is 11.7 Å². The van der Waals surface area contributed by atoms with Crippen LogP contribution in [0.25, 0.3) is 0 Å². The van der Waals surface area contributed by atoms with Crippen molar-refractivity contribution in [3.8, 4) is 5.75 Å². The first kappa shape index (κ1) is 14.8. The minimum atomic E-state index is 0.172. The highest BCUT2D eigenvalue weighted by Gasteiger charge is 2.13. The Hall–Kier alpha value is -1.22. The molecule has 1 atom stereocenters. The second-order valence-corrected chi connectivity index (χ2v) is 4.98. The molecule has 3 nitrogen and oxygen atoms in total. The Morgan fingerprint density at radius 1 is 1.22 bits per heavy atom. The molecule has 0 bridgehead atoms. The average molecular weight is 250 g/mol. The molecule has 1 aromatic carbocycles. The number of rotatable bonds is 7. The van der Waals surface area contributed by atoms with E-state index >= 15 is 0 Å². The van der Waals surface area contributed by atoms with Crippen LogP contribution < -0.4 is 5.73 Å². The molecule has 102 valence electrons. The fourth-order valence-electron chi connectivity index (χ4n) is 2.33. The predicted molar refractivity (Wildman–Crippen MR) is 77.8 cm³/mol. The van der Waals surface area contributed by atoms with Gasteiger partial charge >= 0.3 is 0 Å². The molecule has 3 heteroatoms. The van der Waals surface area contributed by atoms with Crippen LogP contribution in [0.1, 0.15) is 39.2 Å². The van der Waals surface area contributed by atoms with E-state index in [-0.39, 0.29) is 5.75 Å². The molecule has 0 fully saturated rings. The van der Waals surface area contributed by atoms with Gasteiger partial charge in [0.05, 0.1) is 5.69 Å². The van der Waals surface area contributed by atoms with Crippen LogP contribution in [0, 0.1) is 0 Å². The van der Waals surface area contributed by atoms with E-state index in [9.17, 15) is 5.11 Å². The molecule has 1 aromatic rings. The molecular weight excluding hydrogens is 224 g/mol. The van der Waals surface area contributed by atoms with Crippen LogP contribution in [0.3, 0.4) is 0 Å². The molecule has 0 heterocycles. The van der Waals surface area contributed by atoms with E-state index in [1.165, 1.54) is 18.4 Å². The highest BCUT2D eigenvalue weighted by atomic mass is 16.3. The molecular formula is C15H26N2O. The molecule has 0 amide bonds. The van der Waals surface area contributed by atoms with Crippen molar-refractivity contribution in [1.29, 1.82) is 0 Å². The third-order valence-corrected chi connectivity index (χ3v) is 3.27. The van der Waals surface area contributed by atoms with Gasteiger partial charge < -0.3 is 15.7 Å². The van der Waals surface area contributed by atoms with Crippen molar-refractivity contribution < 1.29 is 5.11 Å². The van der Waals surface area contributed by atoms with Crippen molar-refractivity contribution in [2.75, 3.05) is 18.8 Å². The molecule has 0 aliphatic carbocycles. The number of phenolic OH excluding ortho intramolecular Hbond substituents is 1. The van der Waals surface area contributed by atoms with Crippen molar-refractivity contribution in [2.45, 2.75) is 46.1 Å². The summed E-state index contributed by atoms with van der Waals surface area (Å²) in [4.78, 5) is 2.52. The third-order valence-electron chi connectivity index (χ3n) is 3.27. The van der Waals surface area contributed by atoms with Gasteiger partial charge in [-0.25, -0.2) is 0 Å². The van der Waals surface area contributed by atoms with E-state index < -0.39 is 0 Å². The highest BCUT2D eigenvalue weighted by molar-refractivity contribution is 5.53. The second-order valence-electron chi connectivity index (χ2n) is 4.98. The predicted octanol–water partition coefficient (Wildman–Crippen LogP) is 3.03. The molecule has 18 heavy (non-hydrogen) atoms. The SMILES string of the molecule is CCCN(CCC)C(C)Cc1ccc(O)c(N)c1. The van der Waals surface area contributed by atoms with Crippen LogP contribution in [0.4, 0.5) is 5.69 Å². The molecule has 0 saturated carbocycles. The number of anilines is 1. The third kappa shape index (κ3) is 4.22. The maximum atomic E-state index is 9.42. The summed E-state index contributed by atoms with van der Waals surface area (Å²) in [5.74, 6) is 0.172. The van der Waals surface area contributed by atoms with Crippen LogP contribution in [0.5, 0.6) is 5.75 Å². The molecule has 0 saturated heterocycles. The van der Waals surface area contributed by atoms with Gasteiger partial charge in [-0.2, -0.15) is 0 Å². The molecule has 1 rings (SSSR count). The number of nitrogens with zero attached hydrogens (tertiary/aromatic N) is 1. The summed E-state index contributed by atoms with van der Waals surface area (Å²) in [6.07, 6.45) is 3.34. The topological polar surface area (TPSA) is 49.5 Å². The maximum absolute atomic E-state index is 9.42. The Bertz CT molecular complexity index is 360. The van der Waals surface area contributed by atoms with Crippen LogP contribution in [0.2, 0.25) is 0 Å². The number of nitrogen functional groups attached to an aromatic ring is 1. The number of aromatic hydroxyl groups is 1. The lowest BCUT2D eigenvalue weighted by molar-refractivity contribution is 0.208. The Morgan fingerprint density at radius 2 is 1.83 bits per heavy atom. The van der Waals surface area contributed by atoms with Crippen LogP contribution in [0.15, 0.2) is 18.2 Å². The largest absolute Gasteiger partial charge is 0.506 e. The van der Waals surface area contributed by atoms with Gasteiger partial charge in [-0.15, -0.1) is 0 Å². The number of benzene rings is 1.